The Morgan fingerprint density at radius 2 is 1.80 bits per heavy atom. The highest BCUT2D eigenvalue weighted by molar-refractivity contribution is 7.89. The monoisotopic (exact) mass is 232 g/mol. The van der Waals surface area contributed by atoms with Gasteiger partial charge in [-0.1, -0.05) is 12.1 Å². The lowest BCUT2D eigenvalue weighted by molar-refractivity contribution is -0.0945. The van der Waals surface area contributed by atoms with Gasteiger partial charge in [0.15, 0.2) is 0 Å². The molecular formula is C9H8F2NO2S. The van der Waals surface area contributed by atoms with E-state index in [9.17, 15) is 17.2 Å². The summed E-state index contributed by atoms with van der Waals surface area (Å²) in [7, 11) is -3.74. The van der Waals surface area contributed by atoms with Gasteiger partial charge >= 0.3 is 0 Å². The molecule has 6 heteroatoms. The molecule has 1 saturated heterocycles. The van der Waals surface area contributed by atoms with E-state index in [1.807, 2.05) is 0 Å². The Balaban J connectivity index is 2.24. The Kier molecular flexibility index (Phi) is 2.27. The SMILES string of the molecule is O=S(=O)(c1cc[c]cc1)N1CC(F)(F)C1. The van der Waals surface area contributed by atoms with Crippen molar-refractivity contribution in [2.45, 2.75) is 10.8 Å². The zero-order valence-corrected chi connectivity index (χ0v) is 8.47. The van der Waals surface area contributed by atoms with E-state index in [1.165, 1.54) is 24.3 Å². The van der Waals surface area contributed by atoms with Crippen molar-refractivity contribution in [1.82, 2.24) is 4.31 Å². The average Bonchev–Trinajstić information content (AvgIpc) is 2.15. The number of alkyl halides is 2. The van der Waals surface area contributed by atoms with Gasteiger partial charge in [0.05, 0.1) is 18.0 Å². The highest BCUT2D eigenvalue weighted by atomic mass is 32.2. The molecule has 1 aromatic rings. The molecule has 0 aromatic heterocycles. The molecule has 0 N–H and O–H groups in total. The second-order valence-electron chi connectivity index (χ2n) is 3.36. The molecule has 2 rings (SSSR count). The van der Waals surface area contributed by atoms with Crippen LogP contribution in [0.5, 0.6) is 0 Å². The molecule has 3 nitrogen and oxygen atoms in total. The topological polar surface area (TPSA) is 37.4 Å². The molecule has 0 aliphatic carbocycles. The lowest BCUT2D eigenvalue weighted by atomic mass is 10.2. The summed E-state index contributed by atoms with van der Waals surface area (Å²) in [5, 5.41) is 0. The smallest absolute Gasteiger partial charge is 0.207 e. The van der Waals surface area contributed by atoms with Gasteiger partial charge in [0.25, 0.3) is 5.92 Å². The molecule has 1 aliphatic heterocycles. The summed E-state index contributed by atoms with van der Waals surface area (Å²) in [5.41, 5.74) is 0. The molecule has 81 valence electrons. The summed E-state index contributed by atoms with van der Waals surface area (Å²) in [5.74, 6) is -2.88. The van der Waals surface area contributed by atoms with E-state index in [0.29, 0.717) is 0 Å². The number of benzene rings is 1. The van der Waals surface area contributed by atoms with Gasteiger partial charge in [-0.2, -0.15) is 4.31 Å². The van der Waals surface area contributed by atoms with Crippen LogP contribution >= 0.6 is 0 Å². The van der Waals surface area contributed by atoms with Gasteiger partial charge in [-0.15, -0.1) is 0 Å². The fourth-order valence-electron chi connectivity index (χ4n) is 1.33. The van der Waals surface area contributed by atoms with E-state index < -0.39 is 29.0 Å². The van der Waals surface area contributed by atoms with Crippen LogP contribution in [0.3, 0.4) is 0 Å². The number of hydrogen-bond acceptors (Lipinski definition) is 2. The van der Waals surface area contributed by atoms with Crippen LogP contribution in [0.1, 0.15) is 0 Å². The second kappa shape index (κ2) is 3.24. The zero-order chi connectivity index (χ0) is 11.1. The van der Waals surface area contributed by atoms with Crippen molar-refractivity contribution < 1.29 is 17.2 Å². The van der Waals surface area contributed by atoms with Gasteiger partial charge in [0.1, 0.15) is 0 Å². The van der Waals surface area contributed by atoms with Crippen molar-refractivity contribution >= 4 is 10.0 Å². The van der Waals surface area contributed by atoms with Crippen LogP contribution in [0.4, 0.5) is 8.78 Å². The highest BCUT2D eigenvalue weighted by Gasteiger charge is 2.49. The van der Waals surface area contributed by atoms with Crippen molar-refractivity contribution in [1.29, 1.82) is 0 Å². The molecule has 1 aliphatic rings. The van der Waals surface area contributed by atoms with E-state index in [0.717, 1.165) is 4.31 Å². The molecule has 0 atom stereocenters. The Bertz CT molecular complexity index is 450. The number of hydrogen-bond donors (Lipinski definition) is 0. The number of nitrogens with zero attached hydrogens (tertiary/aromatic N) is 1. The lowest BCUT2D eigenvalue weighted by Crippen LogP contribution is -2.58. The Labute approximate surface area is 86.4 Å². The summed E-state index contributed by atoms with van der Waals surface area (Å²) >= 11 is 0. The van der Waals surface area contributed by atoms with Gasteiger partial charge in [0.2, 0.25) is 10.0 Å². The molecule has 15 heavy (non-hydrogen) atoms. The maximum atomic E-state index is 12.5. The standard InChI is InChI=1S/C9H8F2NO2S/c10-9(11)6-12(7-9)15(13,14)8-4-2-1-3-5-8/h2-5H,6-7H2. The third kappa shape index (κ3) is 1.87. The molecule has 0 bridgehead atoms. The zero-order valence-electron chi connectivity index (χ0n) is 7.65. The van der Waals surface area contributed by atoms with E-state index in [2.05, 4.69) is 6.07 Å². The summed E-state index contributed by atoms with van der Waals surface area (Å²) in [4.78, 5) is 0.0248. The number of halogens is 2. The minimum absolute atomic E-state index is 0.0248. The molecule has 0 unspecified atom stereocenters. The Morgan fingerprint density at radius 3 is 2.27 bits per heavy atom. The first-order valence-electron chi connectivity index (χ1n) is 4.26. The molecule has 0 saturated carbocycles. The minimum atomic E-state index is -3.74. The van der Waals surface area contributed by atoms with Crippen LogP contribution in [0.2, 0.25) is 0 Å². The Morgan fingerprint density at radius 1 is 1.27 bits per heavy atom. The van der Waals surface area contributed by atoms with E-state index in [-0.39, 0.29) is 4.90 Å². The first-order valence-corrected chi connectivity index (χ1v) is 5.70. The quantitative estimate of drug-likeness (QED) is 0.766. The minimum Gasteiger partial charge on any atom is -0.207 e. The van der Waals surface area contributed by atoms with Crippen LogP contribution < -0.4 is 0 Å². The first-order chi connectivity index (χ1) is 6.92. The average molecular weight is 232 g/mol. The van der Waals surface area contributed by atoms with Gasteiger partial charge in [-0.25, -0.2) is 17.2 Å². The maximum absolute atomic E-state index is 12.5. The fourth-order valence-corrected chi connectivity index (χ4v) is 2.83. The van der Waals surface area contributed by atoms with Gasteiger partial charge < -0.3 is 0 Å². The molecule has 1 aromatic carbocycles. The molecule has 1 radical (unpaired) electrons. The van der Waals surface area contributed by atoms with Gasteiger partial charge in [-0.05, 0) is 18.2 Å². The van der Waals surface area contributed by atoms with Crippen LogP contribution in [0.15, 0.2) is 29.2 Å². The van der Waals surface area contributed by atoms with E-state index in [1.54, 1.807) is 0 Å². The second-order valence-corrected chi connectivity index (χ2v) is 5.30. The maximum Gasteiger partial charge on any atom is 0.275 e. The fraction of sp³-hybridized carbons (Fsp3) is 0.333. The van der Waals surface area contributed by atoms with Crippen molar-refractivity contribution in [3.8, 4) is 0 Å². The van der Waals surface area contributed by atoms with Gasteiger partial charge in [0, 0.05) is 0 Å². The molecule has 1 heterocycles. The predicted octanol–water partition coefficient (Wildman–Crippen LogP) is 1.13. The largest absolute Gasteiger partial charge is 0.275 e. The number of sulfonamides is 1. The van der Waals surface area contributed by atoms with Crippen LogP contribution in [0.25, 0.3) is 0 Å². The summed E-state index contributed by atoms with van der Waals surface area (Å²) in [6.07, 6.45) is 0. The summed E-state index contributed by atoms with van der Waals surface area (Å²) in [6, 6.07) is 8.21. The van der Waals surface area contributed by atoms with Crippen molar-refractivity contribution in [2.75, 3.05) is 13.1 Å². The van der Waals surface area contributed by atoms with Crippen LogP contribution in [0, 0.1) is 6.07 Å². The lowest BCUT2D eigenvalue weighted by Gasteiger charge is -2.37. The van der Waals surface area contributed by atoms with Crippen LogP contribution in [-0.2, 0) is 10.0 Å². The third-order valence-electron chi connectivity index (χ3n) is 2.14. The van der Waals surface area contributed by atoms with E-state index in [4.69, 9.17) is 0 Å². The normalized spacial score (nSPS) is 20.9. The molecule has 0 amide bonds. The summed E-state index contributed by atoms with van der Waals surface area (Å²) < 4.78 is 49.2. The van der Waals surface area contributed by atoms with Crippen molar-refractivity contribution in [2.24, 2.45) is 0 Å². The third-order valence-corrected chi connectivity index (χ3v) is 3.95. The molecule has 0 spiro atoms. The van der Waals surface area contributed by atoms with Gasteiger partial charge in [-0.3, -0.25) is 0 Å². The van der Waals surface area contributed by atoms with E-state index >= 15 is 0 Å². The summed E-state index contributed by atoms with van der Waals surface area (Å²) in [6.45, 7) is -1.46. The first kappa shape index (κ1) is 10.5. The molecule has 1 fully saturated rings. The van der Waals surface area contributed by atoms with Crippen molar-refractivity contribution in [3.05, 3.63) is 30.3 Å². The Hall–Kier alpha value is -1.01. The van der Waals surface area contributed by atoms with Crippen molar-refractivity contribution in [3.63, 3.8) is 0 Å². The molecular weight excluding hydrogens is 224 g/mol. The van der Waals surface area contributed by atoms with Crippen LogP contribution in [-0.4, -0.2) is 31.7 Å². The predicted molar refractivity (Wildman–Crippen MR) is 49.0 cm³/mol. The highest BCUT2D eigenvalue weighted by Crippen LogP contribution is 2.31. The number of rotatable bonds is 2.